The molecular weight excluding hydrogens is 172 g/mol. The maximum Gasteiger partial charge on any atom is 0.124 e. The van der Waals surface area contributed by atoms with Crippen molar-refractivity contribution in [2.24, 2.45) is 23.2 Å². The molecule has 1 heteroatoms. The van der Waals surface area contributed by atoms with Crippen LogP contribution in [0.5, 0.6) is 0 Å². The Balaban J connectivity index is 2.40. The first kappa shape index (κ1) is 9.95. The van der Waals surface area contributed by atoms with Crippen LogP contribution in [0.2, 0.25) is 0 Å². The van der Waals surface area contributed by atoms with Gasteiger partial charge in [0.1, 0.15) is 6.29 Å². The predicted molar refractivity (Wildman–Crippen MR) is 57.9 cm³/mol. The highest BCUT2D eigenvalue weighted by Crippen LogP contribution is 2.54. The van der Waals surface area contributed by atoms with Crippen molar-refractivity contribution in [2.75, 3.05) is 0 Å². The lowest BCUT2D eigenvalue weighted by Crippen LogP contribution is -2.44. The molecule has 4 unspecified atom stereocenters. The normalized spacial score (nSPS) is 47.1. The lowest BCUT2D eigenvalue weighted by molar-refractivity contribution is -0.119. The van der Waals surface area contributed by atoms with Gasteiger partial charge in [0.15, 0.2) is 0 Å². The fraction of sp³-hybridized carbons (Fsp3) is 0.769. The molecule has 1 saturated carbocycles. The first-order valence-electron chi connectivity index (χ1n) is 5.72. The third-order valence-corrected chi connectivity index (χ3v) is 4.79. The van der Waals surface area contributed by atoms with Crippen LogP contribution in [0.3, 0.4) is 0 Å². The maximum atomic E-state index is 11.2. The van der Waals surface area contributed by atoms with E-state index in [9.17, 15) is 4.79 Å². The van der Waals surface area contributed by atoms with Gasteiger partial charge >= 0.3 is 0 Å². The molecule has 2 bridgehead atoms. The monoisotopic (exact) mass is 192 g/mol. The second-order valence-corrected chi connectivity index (χ2v) is 5.38. The zero-order valence-corrected chi connectivity index (χ0v) is 9.42. The second-order valence-electron chi connectivity index (χ2n) is 5.38. The molecule has 14 heavy (non-hydrogen) atoms. The molecule has 0 aliphatic heterocycles. The van der Waals surface area contributed by atoms with Gasteiger partial charge in [-0.2, -0.15) is 0 Å². The highest BCUT2D eigenvalue weighted by Gasteiger charge is 2.47. The van der Waals surface area contributed by atoms with Gasteiger partial charge < -0.3 is 4.79 Å². The van der Waals surface area contributed by atoms with Gasteiger partial charge in [0.2, 0.25) is 0 Å². The van der Waals surface area contributed by atoms with E-state index < -0.39 is 0 Å². The van der Waals surface area contributed by atoms with Crippen LogP contribution in [0.1, 0.15) is 40.0 Å². The van der Waals surface area contributed by atoms with Crippen LogP contribution >= 0.6 is 0 Å². The summed E-state index contributed by atoms with van der Waals surface area (Å²) in [5.74, 6) is 1.61. The quantitative estimate of drug-likeness (QED) is 0.460. The summed E-state index contributed by atoms with van der Waals surface area (Å²) < 4.78 is 0. The van der Waals surface area contributed by atoms with E-state index in [-0.39, 0.29) is 11.3 Å². The average molecular weight is 192 g/mol. The van der Waals surface area contributed by atoms with E-state index in [1.54, 1.807) is 0 Å². The summed E-state index contributed by atoms with van der Waals surface area (Å²) in [5, 5.41) is 0. The molecule has 0 aromatic carbocycles. The molecule has 0 heterocycles. The van der Waals surface area contributed by atoms with Crippen molar-refractivity contribution < 1.29 is 4.79 Å². The van der Waals surface area contributed by atoms with E-state index >= 15 is 0 Å². The summed E-state index contributed by atoms with van der Waals surface area (Å²) in [6, 6.07) is 0. The van der Waals surface area contributed by atoms with Crippen LogP contribution in [0, 0.1) is 23.2 Å². The number of carbonyl (C=O) groups excluding carboxylic acids is 1. The topological polar surface area (TPSA) is 17.1 Å². The molecule has 0 radical (unpaired) electrons. The average Bonchev–Trinajstić information content (AvgIpc) is 2.17. The van der Waals surface area contributed by atoms with Gasteiger partial charge in [0.05, 0.1) is 0 Å². The van der Waals surface area contributed by atoms with Gasteiger partial charge in [0.25, 0.3) is 0 Å². The van der Waals surface area contributed by atoms with E-state index in [2.05, 4.69) is 26.8 Å². The Morgan fingerprint density at radius 1 is 1.57 bits per heavy atom. The first-order valence-corrected chi connectivity index (χ1v) is 5.72. The number of carbonyl (C=O) groups is 1. The smallest absolute Gasteiger partial charge is 0.124 e. The molecule has 1 fully saturated rings. The van der Waals surface area contributed by atoms with Crippen LogP contribution in [0.25, 0.3) is 0 Å². The maximum absolute atomic E-state index is 11.2. The summed E-state index contributed by atoms with van der Waals surface area (Å²) in [4.78, 5) is 11.2. The molecule has 2 aliphatic rings. The summed E-state index contributed by atoms with van der Waals surface area (Å²) in [6.07, 6.45) is 7.18. The Labute approximate surface area is 86.6 Å². The number of rotatable bonds is 1. The SMILES string of the molecule is CC1=CCC2C(C)CCC1(C)C2C=O. The molecule has 4 atom stereocenters. The lowest BCUT2D eigenvalue weighted by Gasteiger charge is -2.50. The molecule has 78 valence electrons. The summed E-state index contributed by atoms with van der Waals surface area (Å²) >= 11 is 0. The van der Waals surface area contributed by atoms with Gasteiger partial charge in [-0.05, 0) is 43.4 Å². The van der Waals surface area contributed by atoms with Crippen molar-refractivity contribution in [1.82, 2.24) is 0 Å². The van der Waals surface area contributed by atoms with Crippen LogP contribution in [0.4, 0.5) is 0 Å². The molecule has 0 aromatic heterocycles. The molecule has 1 nitrogen and oxygen atoms in total. The Kier molecular flexibility index (Phi) is 2.29. The molecular formula is C13H20O. The number of fused-ring (bicyclic) bond motifs is 2. The van der Waals surface area contributed by atoms with E-state index in [0.717, 1.165) is 12.3 Å². The molecule has 0 aromatic rings. The molecule has 0 amide bonds. The van der Waals surface area contributed by atoms with E-state index in [0.29, 0.717) is 5.92 Å². The standard InChI is InChI=1S/C13H20O/c1-9-6-7-13(3)10(2)4-5-11(9)12(13)8-14/h4,8-9,11-12H,5-7H2,1-3H3. The van der Waals surface area contributed by atoms with Crippen molar-refractivity contribution in [3.05, 3.63) is 11.6 Å². The Hall–Kier alpha value is -0.590. The van der Waals surface area contributed by atoms with Gasteiger partial charge in [-0.1, -0.05) is 25.5 Å². The van der Waals surface area contributed by atoms with Gasteiger partial charge in [0, 0.05) is 5.92 Å². The first-order chi connectivity index (χ1) is 6.59. The lowest BCUT2D eigenvalue weighted by atomic mass is 9.54. The Morgan fingerprint density at radius 3 is 2.93 bits per heavy atom. The third kappa shape index (κ3) is 1.18. The third-order valence-electron chi connectivity index (χ3n) is 4.79. The number of hydrogen-bond acceptors (Lipinski definition) is 1. The van der Waals surface area contributed by atoms with Crippen molar-refractivity contribution in [3.8, 4) is 0 Å². The fourth-order valence-electron chi connectivity index (χ4n) is 3.37. The Morgan fingerprint density at radius 2 is 2.29 bits per heavy atom. The minimum atomic E-state index is 0.178. The fourth-order valence-corrected chi connectivity index (χ4v) is 3.37. The minimum Gasteiger partial charge on any atom is -0.303 e. The Bertz CT molecular complexity index is 279. The van der Waals surface area contributed by atoms with Crippen LogP contribution < -0.4 is 0 Å². The van der Waals surface area contributed by atoms with Crippen LogP contribution in [-0.2, 0) is 4.79 Å². The van der Waals surface area contributed by atoms with Crippen LogP contribution in [-0.4, -0.2) is 6.29 Å². The van der Waals surface area contributed by atoms with Gasteiger partial charge in [-0.15, -0.1) is 0 Å². The number of aldehydes is 1. The van der Waals surface area contributed by atoms with Crippen molar-refractivity contribution >= 4 is 6.29 Å². The predicted octanol–water partition coefficient (Wildman–Crippen LogP) is 3.20. The van der Waals surface area contributed by atoms with Gasteiger partial charge in [-0.25, -0.2) is 0 Å². The van der Waals surface area contributed by atoms with E-state index in [1.165, 1.54) is 24.7 Å². The second kappa shape index (κ2) is 3.22. The molecule has 0 spiro atoms. The molecule has 0 N–H and O–H groups in total. The minimum absolute atomic E-state index is 0.178. The van der Waals surface area contributed by atoms with Crippen molar-refractivity contribution in [3.63, 3.8) is 0 Å². The molecule has 2 aliphatic carbocycles. The highest BCUT2D eigenvalue weighted by atomic mass is 16.1. The van der Waals surface area contributed by atoms with E-state index in [4.69, 9.17) is 0 Å². The number of allylic oxidation sites excluding steroid dienone is 2. The van der Waals surface area contributed by atoms with Gasteiger partial charge in [-0.3, -0.25) is 0 Å². The molecule has 0 saturated heterocycles. The van der Waals surface area contributed by atoms with Crippen molar-refractivity contribution in [2.45, 2.75) is 40.0 Å². The summed E-state index contributed by atoms with van der Waals surface area (Å²) in [7, 11) is 0. The summed E-state index contributed by atoms with van der Waals surface area (Å²) in [6.45, 7) is 6.77. The number of hydrogen-bond donors (Lipinski definition) is 0. The zero-order chi connectivity index (χ0) is 10.3. The highest BCUT2D eigenvalue weighted by molar-refractivity contribution is 5.58. The van der Waals surface area contributed by atoms with Crippen LogP contribution in [0.15, 0.2) is 11.6 Å². The molecule has 2 rings (SSSR count). The van der Waals surface area contributed by atoms with Crippen molar-refractivity contribution in [1.29, 1.82) is 0 Å². The van der Waals surface area contributed by atoms with E-state index in [1.807, 2.05) is 0 Å². The zero-order valence-electron chi connectivity index (χ0n) is 9.42. The largest absolute Gasteiger partial charge is 0.303 e. The summed E-state index contributed by atoms with van der Waals surface area (Å²) in [5.41, 5.74) is 1.62.